The zero-order valence-corrected chi connectivity index (χ0v) is 12.9. The Morgan fingerprint density at radius 2 is 2.05 bits per heavy atom. The van der Waals surface area contributed by atoms with Crippen LogP contribution < -0.4 is 16.4 Å². The van der Waals surface area contributed by atoms with Crippen molar-refractivity contribution in [1.29, 1.82) is 0 Å². The van der Waals surface area contributed by atoms with Crippen molar-refractivity contribution in [3.63, 3.8) is 0 Å². The van der Waals surface area contributed by atoms with Gasteiger partial charge in [0, 0.05) is 11.6 Å². The number of anilines is 2. The average molecular weight is 282 g/mol. The third-order valence-corrected chi connectivity index (χ3v) is 4.15. The number of nitrogens with two attached hydrogens (primary N) is 1. The number of carbonyl (C=O) groups excluding carboxylic acids is 1. The van der Waals surface area contributed by atoms with Crippen LogP contribution in [0.4, 0.5) is 10.9 Å². The third kappa shape index (κ3) is 3.37. The smallest absolute Gasteiger partial charge is 0.265 e. The van der Waals surface area contributed by atoms with Gasteiger partial charge in [-0.1, -0.05) is 25.2 Å². The summed E-state index contributed by atoms with van der Waals surface area (Å²) in [6.07, 6.45) is 1.02. The summed E-state index contributed by atoms with van der Waals surface area (Å²) >= 11 is 1.31. The minimum absolute atomic E-state index is 0.101. The van der Waals surface area contributed by atoms with Crippen LogP contribution in [-0.2, 0) is 0 Å². The van der Waals surface area contributed by atoms with Crippen LogP contribution in [-0.4, -0.2) is 22.5 Å². The second-order valence-electron chi connectivity index (χ2n) is 6.83. The molecule has 106 valence electrons. The van der Waals surface area contributed by atoms with Gasteiger partial charge in [-0.25, -0.2) is 4.98 Å². The number of nitrogens with one attached hydrogen (secondary N) is 2. The molecule has 0 saturated heterocycles. The van der Waals surface area contributed by atoms with E-state index in [1.807, 2.05) is 20.8 Å². The summed E-state index contributed by atoms with van der Waals surface area (Å²) in [7, 11) is 0. The Kier molecular flexibility index (Phi) is 3.24. The lowest BCUT2D eigenvalue weighted by molar-refractivity contribution is 0.0951. The molecular formula is C13H22N4OS. The van der Waals surface area contributed by atoms with Crippen LogP contribution in [0.5, 0.6) is 0 Å². The molecule has 1 amide bonds. The minimum Gasteiger partial charge on any atom is -0.382 e. The number of hydrogen-bond acceptors (Lipinski definition) is 5. The molecular weight excluding hydrogens is 260 g/mol. The predicted octanol–water partition coefficient (Wildman–Crippen LogP) is 2.46. The Morgan fingerprint density at radius 3 is 2.53 bits per heavy atom. The Morgan fingerprint density at radius 1 is 1.47 bits per heavy atom. The van der Waals surface area contributed by atoms with E-state index >= 15 is 0 Å². The highest BCUT2D eigenvalue weighted by Gasteiger charge is 2.46. The van der Waals surface area contributed by atoms with Crippen molar-refractivity contribution in [2.45, 2.75) is 52.6 Å². The van der Waals surface area contributed by atoms with Crippen molar-refractivity contribution in [2.24, 2.45) is 5.41 Å². The molecule has 1 aliphatic carbocycles. The van der Waals surface area contributed by atoms with Crippen LogP contribution in [0, 0.1) is 5.41 Å². The molecule has 6 heteroatoms. The van der Waals surface area contributed by atoms with E-state index in [0.717, 1.165) is 6.42 Å². The first-order valence-corrected chi connectivity index (χ1v) is 7.25. The SMILES string of the molecule is CC(C)(C)Nc1nc(N)c(C(=O)NC2CC2(C)C)s1. The van der Waals surface area contributed by atoms with Gasteiger partial charge in [-0.05, 0) is 32.6 Å². The molecule has 5 nitrogen and oxygen atoms in total. The Labute approximate surface area is 118 Å². The monoisotopic (exact) mass is 282 g/mol. The van der Waals surface area contributed by atoms with E-state index < -0.39 is 0 Å². The maximum absolute atomic E-state index is 12.1. The van der Waals surface area contributed by atoms with Crippen LogP contribution in [0.1, 0.15) is 50.7 Å². The van der Waals surface area contributed by atoms with Gasteiger partial charge in [0.25, 0.3) is 5.91 Å². The summed E-state index contributed by atoms with van der Waals surface area (Å²) < 4.78 is 0. The average Bonchev–Trinajstić information content (AvgIpc) is 2.64. The molecule has 1 unspecified atom stereocenters. The summed E-state index contributed by atoms with van der Waals surface area (Å²) in [5.74, 6) is 0.181. The first-order chi connectivity index (χ1) is 8.58. The zero-order valence-electron chi connectivity index (χ0n) is 12.1. The fourth-order valence-corrected chi connectivity index (χ4v) is 2.80. The molecule has 1 saturated carbocycles. The number of thiazole rings is 1. The Bertz CT molecular complexity index is 501. The molecule has 0 bridgehead atoms. The second kappa shape index (κ2) is 4.37. The van der Waals surface area contributed by atoms with Gasteiger partial charge in [0.2, 0.25) is 0 Å². The van der Waals surface area contributed by atoms with Gasteiger partial charge in [-0.15, -0.1) is 0 Å². The van der Waals surface area contributed by atoms with E-state index in [1.165, 1.54) is 11.3 Å². The summed E-state index contributed by atoms with van der Waals surface area (Å²) in [4.78, 5) is 16.8. The zero-order chi connectivity index (χ0) is 14.4. The molecule has 1 aromatic heterocycles. The van der Waals surface area contributed by atoms with Crippen LogP contribution in [0.25, 0.3) is 0 Å². The fraction of sp³-hybridized carbons (Fsp3) is 0.692. The molecule has 0 aromatic carbocycles. The van der Waals surface area contributed by atoms with E-state index in [1.54, 1.807) is 0 Å². The van der Waals surface area contributed by atoms with Crippen molar-refractivity contribution >= 4 is 28.2 Å². The summed E-state index contributed by atoms with van der Waals surface area (Å²) in [5.41, 5.74) is 5.93. The molecule has 19 heavy (non-hydrogen) atoms. The number of hydrogen-bond donors (Lipinski definition) is 3. The van der Waals surface area contributed by atoms with Crippen molar-refractivity contribution in [2.75, 3.05) is 11.1 Å². The Hall–Kier alpha value is -1.30. The lowest BCUT2D eigenvalue weighted by Crippen LogP contribution is -2.28. The van der Waals surface area contributed by atoms with Gasteiger partial charge in [-0.2, -0.15) is 0 Å². The van der Waals surface area contributed by atoms with Gasteiger partial charge in [0.1, 0.15) is 10.7 Å². The molecule has 1 heterocycles. The Balaban J connectivity index is 2.06. The van der Waals surface area contributed by atoms with Crippen molar-refractivity contribution in [3.05, 3.63) is 4.88 Å². The first-order valence-electron chi connectivity index (χ1n) is 6.44. The van der Waals surface area contributed by atoms with E-state index in [9.17, 15) is 4.79 Å². The number of nitrogens with zero attached hydrogens (tertiary/aromatic N) is 1. The third-order valence-electron chi connectivity index (χ3n) is 3.16. The highest BCUT2D eigenvalue weighted by molar-refractivity contribution is 7.18. The summed E-state index contributed by atoms with van der Waals surface area (Å²) in [5, 5.41) is 6.92. The standard InChI is InChI=1S/C13H22N4OS/c1-12(2,3)17-11-16-9(14)8(19-11)10(18)15-7-6-13(7,4)5/h7H,6,14H2,1-5H3,(H,15,18)(H,16,17). The van der Waals surface area contributed by atoms with Crippen molar-refractivity contribution in [3.8, 4) is 0 Å². The first kappa shape index (κ1) is 14.1. The second-order valence-corrected chi connectivity index (χ2v) is 7.83. The molecule has 2 rings (SSSR count). The van der Waals surface area contributed by atoms with Gasteiger partial charge >= 0.3 is 0 Å². The molecule has 1 aromatic rings. The van der Waals surface area contributed by atoms with Crippen LogP contribution in [0.3, 0.4) is 0 Å². The number of amides is 1. The number of nitrogen functional groups attached to an aromatic ring is 1. The molecule has 0 spiro atoms. The molecule has 1 fully saturated rings. The van der Waals surface area contributed by atoms with Gasteiger partial charge in [0.15, 0.2) is 5.13 Å². The van der Waals surface area contributed by atoms with E-state index in [2.05, 4.69) is 29.5 Å². The maximum atomic E-state index is 12.1. The molecule has 1 aliphatic rings. The largest absolute Gasteiger partial charge is 0.382 e. The lowest BCUT2D eigenvalue weighted by Gasteiger charge is -2.19. The van der Waals surface area contributed by atoms with E-state index in [0.29, 0.717) is 15.8 Å². The quantitative estimate of drug-likeness (QED) is 0.795. The highest BCUT2D eigenvalue weighted by Crippen LogP contribution is 2.44. The fourth-order valence-electron chi connectivity index (χ4n) is 1.81. The minimum atomic E-state index is -0.118. The van der Waals surface area contributed by atoms with Crippen LogP contribution in [0.2, 0.25) is 0 Å². The number of aromatic nitrogens is 1. The summed E-state index contributed by atoms with van der Waals surface area (Å²) in [6, 6.07) is 0.250. The molecule has 0 radical (unpaired) electrons. The molecule has 0 aliphatic heterocycles. The van der Waals surface area contributed by atoms with Crippen molar-refractivity contribution in [1.82, 2.24) is 10.3 Å². The number of rotatable bonds is 3. The van der Waals surface area contributed by atoms with E-state index in [4.69, 9.17) is 5.73 Å². The topological polar surface area (TPSA) is 80.0 Å². The van der Waals surface area contributed by atoms with Crippen molar-refractivity contribution < 1.29 is 4.79 Å². The number of carbonyl (C=O) groups is 1. The molecule has 4 N–H and O–H groups in total. The van der Waals surface area contributed by atoms with Gasteiger partial charge in [-0.3, -0.25) is 4.79 Å². The van der Waals surface area contributed by atoms with Gasteiger partial charge < -0.3 is 16.4 Å². The lowest BCUT2D eigenvalue weighted by atomic mass is 10.1. The van der Waals surface area contributed by atoms with Crippen LogP contribution in [0.15, 0.2) is 0 Å². The van der Waals surface area contributed by atoms with Gasteiger partial charge in [0.05, 0.1) is 0 Å². The normalized spacial score (nSPS) is 21.0. The summed E-state index contributed by atoms with van der Waals surface area (Å²) in [6.45, 7) is 10.4. The molecule has 1 atom stereocenters. The maximum Gasteiger partial charge on any atom is 0.265 e. The van der Waals surface area contributed by atoms with E-state index in [-0.39, 0.29) is 22.9 Å². The van der Waals surface area contributed by atoms with Crippen LogP contribution >= 0.6 is 11.3 Å². The predicted molar refractivity (Wildman–Crippen MR) is 79.6 cm³/mol. The highest BCUT2D eigenvalue weighted by atomic mass is 32.1.